The summed E-state index contributed by atoms with van der Waals surface area (Å²) in [5, 5.41) is 0.781. The third kappa shape index (κ3) is 2.32. The van der Waals surface area contributed by atoms with Crippen LogP contribution < -0.4 is 5.73 Å². The molecule has 2 heterocycles. The first-order valence-electron chi connectivity index (χ1n) is 6.52. The molecule has 1 aliphatic heterocycles. The maximum Gasteiger partial charge on any atom is 0.257 e. The van der Waals surface area contributed by atoms with Gasteiger partial charge in [-0.15, -0.1) is 0 Å². The molecule has 1 aliphatic rings. The number of nitrogens with two attached hydrogens (primary N) is 1. The lowest BCUT2D eigenvalue weighted by Gasteiger charge is -2.29. The number of hydrogen-bond acceptors (Lipinski definition) is 3. The van der Waals surface area contributed by atoms with Gasteiger partial charge in [0.25, 0.3) is 5.91 Å². The van der Waals surface area contributed by atoms with E-state index in [4.69, 9.17) is 21.8 Å². The average molecular weight is 291 g/mol. The Balaban J connectivity index is 1.81. The molecule has 1 amide bonds. The number of halogens is 1. The molecule has 0 atom stereocenters. The van der Waals surface area contributed by atoms with Crippen LogP contribution in [0, 0.1) is 0 Å². The van der Waals surface area contributed by atoms with Gasteiger partial charge in [-0.25, -0.2) is 0 Å². The van der Waals surface area contributed by atoms with Crippen LogP contribution in [0.25, 0.3) is 0 Å². The van der Waals surface area contributed by atoms with Crippen LogP contribution in [0.1, 0.15) is 27.2 Å². The van der Waals surface area contributed by atoms with Gasteiger partial charge in [0, 0.05) is 18.1 Å². The van der Waals surface area contributed by atoms with E-state index < -0.39 is 0 Å². The molecule has 0 fully saturated rings. The minimum absolute atomic E-state index is 0.0286. The molecule has 2 aromatic rings. The zero-order valence-electron chi connectivity index (χ0n) is 10.9. The van der Waals surface area contributed by atoms with E-state index in [1.54, 1.807) is 6.07 Å². The average Bonchev–Trinajstić information content (AvgIpc) is 2.95. The largest absolute Gasteiger partial charge is 0.467 e. The van der Waals surface area contributed by atoms with Gasteiger partial charge in [-0.2, -0.15) is 0 Å². The lowest BCUT2D eigenvalue weighted by atomic mass is 9.99. The smallest absolute Gasteiger partial charge is 0.257 e. The minimum Gasteiger partial charge on any atom is -0.467 e. The van der Waals surface area contributed by atoms with Crippen molar-refractivity contribution in [3.63, 3.8) is 0 Å². The summed E-state index contributed by atoms with van der Waals surface area (Å²) in [4.78, 5) is 14.2. The number of hydrogen-bond donors (Lipinski definition) is 1. The number of nitrogens with zero attached hydrogens (tertiary/aromatic N) is 1. The summed E-state index contributed by atoms with van der Waals surface area (Å²) in [7, 11) is 0. The van der Waals surface area contributed by atoms with Crippen molar-refractivity contribution in [1.82, 2.24) is 4.90 Å². The van der Waals surface area contributed by atoms with E-state index in [2.05, 4.69) is 0 Å². The maximum atomic E-state index is 12.4. The molecule has 0 saturated carbocycles. The molecule has 104 valence electrons. The molecule has 0 spiro atoms. The highest BCUT2D eigenvalue weighted by Crippen LogP contribution is 2.26. The summed E-state index contributed by atoms with van der Waals surface area (Å²) in [6, 6.07) is 7.53. The van der Waals surface area contributed by atoms with Gasteiger partial charge in [-0.3, -0.25) is 4.79 Å². The van der Waals surface area contributed by atoms with Gasteiger partial charge in [0.2, 0.25) is 0 Å². The second-order valence-electron chi connectivity index (χ2n) is 4.86. The van der Waals surface area contributed by atoms with Crippen LogP contribution in [-0.2, 0) is 19.5 Å². The minimum atomic E-state index is -0.0286. The quantitative estimate of drug-likeness (QED) is 0.925. The van der Waals surface area contributed by atoms with Gasteiger partial charge in [0.1, 0.15) is 12.0 Å². The van der Waals surface area contributed by atoms with Crippen molar-refractivity contribution >= 4 is 17.5 Å². The highest BCUT2D eigenvalue weighted by Gasteiger charge is 2.24. The molecule has 0 saturated heterocycles. The Bertz CT molecular complexity index is 651. The third-order valence-corrected chi connectivity index (χ3v) is 3.95. The molecule has 2 N–H and O–H groups in total. The number of amides is 1. The van der Waals surface area contributed by atoms with E-state index in [-0.39, 0.29) is 5.91 Å². The zero-order valence-corrected chi connectivity index (χ0v) is 11.7. The molecule has 5 heteroatoms. The topological polar surface area (TPSA) is 59.5 Å². The Morgan fingerprint density at radius 2 is 2.30 bits per heavy atom. The zero-order chi connectivity index (χ0) is 14.1. The fraction of sp³-hybridized carbons (Fsp3) is 0.267. The molecule has 3 rings (SSSR count). The number of furan rings is 1. The molecule has 20 heavy (non-hydrogen) atoms. The lowest BCUT2D eigenvalue weighted by molar-refractivity contribution is 0.0734. The Morgan fingerprint density at radius 3 is 3.05 bits per heavy atom. The van der Waals surface area contributed by atoms with Crippen LogP contribution in [-0.4, -0.2) is 17.4 Å². The molecule has 1 aromatic heterocycles. The summed E-state index contributed by atoms with van der Waals surface area (Å²) in [6.07, 6.45) is 2.25. The van der Waals surface area contributed by atoms with Gasteiger partial charge in [0.05, 0.1) is 12.1 Å². The number of benzene rings is 1. The van der Waals surface area contributed by atoms with Crippen molar-refractivity contribution in [1.29, 1.82) is 0 Å². The van der Waals surface area contributed by atoms with Crippen LogP contribution in [0.15, 0.2) is 34.9 Å². The van der Waals surface area contributed by atoms with Gasteiger partial charge >= 0.3 is 0 Å². The summed E-state index contributed by atoms with van der Waals surface area (Å²) in [5.41, 5.74) is 8.30. The van der Waals surface area contributed by atoms with Crippen molar-refractivity contribution < 1.29 is 9.21 Å². The number of rotatable bonds is 2. The number of carbonyl (C=O) groups excluding carboxylic acids is 1. The first kappa shape index (κ1) is 13.2. The van der Waals surface area contributed by atoms with Gasteiger partial charge in [-0.05, 0) is 29.7 Å². The Kier molecular flexibility index (Phi) is 3.51. The molecule has 4 nitrogen and oxygen atoms in total. The first-order valence-corrected chi connectivity index (χ1v) is 6.90. The molecule has 0 aliphatic carbocycles. The van der Waals surface area contributed by atoms with E-state index in [1.807, 2.05) is 23.1 Å². The van der Waals surface area contributed by atoms with E-state index in [9.17, 15) is 4.79 Å². The summed E-state index contributed by atoms with van der Waals surface area (Å²) in [5.74, 6) is 0.591. The molecule has 0 bridgehead atoms. The summed E-state index contributed by atoms with van der Waals surface area (Å²) in [6.45, 7) is 1.54. The predicted molar refractivity (Wildman–Crippen MR) is 76.5 cm³/mol. The molecular weight excluding hydrogens is 276 g/mol. The van der Waals surface area contributed by atoms with Crippen molar-refractivity contribution in [3.05, 3.63) is 58.0 Å². The van der Waals surface area contributed by atoms with Crippen LogP contribution in [0.5, 0.6) is 0 Å². The first-order chi connectivity index (χ1) is 9.69. The Hall–Kier alpha value is -1.78. The van der Waals surface area contributed by atoms with E-state index >= 15 is 0 Å². The van der Waals surface area contributed by atoms with E-state index in [0.29, 0.717) is 31.0 Å². The summed E-state index contributed by atoms with van der Waals surface area (Å²) < 4.78 is 5.22. The highest BCUT2D eigenvalue weighted by atomic mass is 35.5. The van der Waals surface area contributed by atoms with Gasteiger partial charge in [0.15, 0.2) is 0 Å². The van der Waals surface area contributed by atoms with Crippen molar-refractivity contribution in [3.8, 4) is 0 Å². The fourth-order valence-electron chi connectivity index (χ4n) is 2.52. The summed E-state index contributed by atoms with van der Waals surface area (Å²) >= 11 is 6.18. The Labute approximate surface area is 122 Å². The standard InChI is InChI=1S/C15H15ClN2O2/c16-14-3-1-2-10-8-18(5-4-13(10)14)15(19)11-6-12(7-17)20-9-11/h1-3,6,9H,4-5,7-8,17H2. The third-order valence-electron chi connectivity index (χ3n) is 3.60. The molecule has 0 unspecified atom stereocenters. The number of fused-ring (bicyclic) bond motifs is 1. The van der Waals surface area contributed by atoms with Gasteiger partial charge in [-0.1, -0.05) is 23.7 Å². The van der Waals surface area contributed by atoms with Crippen molar-refractivity contribution in [2.24, 2.45) is 5.73 Å². The van der Waals surface area contributed by atoms with Crippen LogP contribution in [0.4, 0.5) is 0 Å². The second-order valence-corrected chi connectivity index (χ2v) is 5.27. The molecular formula is C15H15ClN2O2. The lowest BCUT2D eigenvalue weighted by Crippen LogP contribution is -2.35. The van der Waals surface area contributed by atoms with Crippen molar-refractivity contribution in [2.75, 3.05) is 6.54 Å². The maximum absolute atomic E-state index is 12.4. The van der Waals surface area contributed by atoms with Crippen molar-refractivity contribution in [2.45, 2.75) is 19.5 Å². The van der Waals surface area contributed by atoms with E-state index in [1.165, 1.54) is 6.26 Å². The van der Waals surface area contributed by atoms with Gasteiger partial charge < -0.3 is 15.1 Å². The van der Waals surface area contributed by atoms with Crippen LogP contribution in [0.3, 0.4) is 0 Å². The number of carbonyl (C=O) groups is 1. The SMILES string of the molecule is NCc1cc(C(=O)N2CCc3c(Cl)cccc3C2)co1. The molecule has 1 aromatic carbocycles. The van der Waals surface area contributed by atoms with Crippen LogP contribution in [0.2, 0.25) is 5.02 Å². The Morgan fingerprint density at radius 1 is 1.45 bits per heavy atom. The normalized spacial score (nSPS) is 14.2. The second kappa shape index (κ2) is 5.31. The molecule has 0 radical (unpaired) electrons. The predicted octanol–water partition coefficient (Wildman–Crippen LogP) is 2.59. The monoisotopic (exact) mass is 290 g/mol. The van der Waals surface area contributed by atoms with Crippen LogP contribution >= 0.6 is 11.6 Å². The van der Waals surface area contributed by atoms with E-state index in [0.717, 1.165) is 22.6 Å². The fourth-order valence-corrected chi connectivity index (χ4v) is 2.81. The highest BCUT2D eigenvalue weighted by molar-refractivity contribution is 6.31.